The molecule has 1 amide bonds. The van der Waals surface area contributed by atoms with E-state index in [2.05, 4.69) is 25.4 Å². The summed E-state index contributed by atoms with van der Waals surface area (Å²) in [4.78, 5) is 25.6. The number of fused-ring (bicyclic) bond motifs is 1. The van der Waals surface area contributed by atoms with Gasteiger partial charge in [0.05, 0.1) is 29.8 Å². The highest BCUT2D eigenvalue weighted by molar-refractivity contribution is 5.85. The van der Waals surface area contributed by atoms with Crippen LogP contribution in [-0.2, 0) is 11.2 Å². The van der Waals surface area contributed by atoms with Gasteiger partial charge in [-0.3, -0.25) is 9.78 Å². The molecule has 4 rings (SSSR count). The minimum absolute atomic E-state index is 0. The first-order valence-electron chi connectivity index (χ1n) is 9.37. The number of nitrogens with two attached hydrogens (primary N) is 1. The van der Waals surface area contributed by atoms with Crippen molar-refractivity contribution in [2.24, 2.45) is 5.73 Å². The van der Waals surface area contributed by atoms with E-state index in [1.807, 2.05) is 24.3 Å². The highest BCUT2D eigenvalue weighted by Gasteiger charge is 2.31. The summed E-state index contributed by atoms with van der Waals surface area (Å²) in [5, 5.41) is 17.1. The predicted molar refractivity (Wildman–Crippen MR) is 110 cm³/mol. The largest absolute Gasteiger partial charge is 0.392 e. The zero-order valence-corrected chi connectivity index (χ0v) is 16.8. The van der Waals surface area contributed by atoms with Crippen LogP contribution < -0.4 is 11.1 Å². The van der Waals surface area contributed by atoms with Crippen LogP contribution in [0.3, 0.4) is 0 Å². The number of nitrogens with one attached hydrogen (secondary N) is 1. The number of amides is 1. The highest BCUT2D eigenvalue weighted by Crippen LogP contribution is 2.32. The molecule has 1 saturated carbocycles. The van der Waals surface area contributed by atoms with Crippen LogP contribution >= 0.6 is 12.4 Å². The number of aliphatic hydroxyl groups excluding tert-OH is 1. The van der Waals surface area contributed by atoms with Crippen molar-refractivity contribution in [2.45, 2.75) is 43.7 Å². The minimum Gasteiger partial charge on any atom is -0.392 e. The van der Waals surface area contributed by atoms with Crippen LogP contribution in [0.25, 0.3) is 16.9 Å². The lowest BCUT2D eigenvalue weighted by Crippen LogP contribution is -2.40. The van der Waals surface area contributed by atoms with Gasteiger partial charge in [0.1, 0.15) is 5.82 Å². The highest BCUT2D eigenvalue weighted by atomic mass is 35.5. The number of hydrogen-bond donors (Lipinski definition) is 3. The summed E-state index contributed by atoms with van der Waals surface area (Å²) in [5.74, 6) is 1.53. The molecule has 0 bridgehead atoms. The third-order valence-corrected chi connectivity index (χ3v) is 5.15. The number of aromatic nitrogens is 5. The van der Waals surface area contributed by atoms with Crippen LogP contribution in [0.1, 0.15) is 36.8 Å². The Balaban J connectivity index is 0.00000240. The van der Waals surface area contributed by atoms with Crippen molar-refractivity contribution in [3.05, 3.63) is 42.1 Å². The number of hydrogen-bond acceptors (Lipinski definition) is 7. The van der Waals surface area contributed by atoms with Gasteiger partial charge < -0.3 is 16.2 Å². The Bertz CT molecular complexity index is 1010. The zero-order valence-electron chi connectivity index (χ0n) is 16.0. The molecule has 1 aliphatic rings. The molecule has 1 aliphatic carbocycles. The minimum atomic E-state index is -0.501. The number of benzene rings is 1. The van der Waals surface area contributed by atoms with Gasteiger partial charge in [-0.25, -0.2) is 9.97 Å². The molecule has 3 aromatic rings. The number of halogens is 1. The molecule has 0 aliphatic heterocycles. The quantitative estimate of drug-likeness (QED) is 0.573. The van der Waals surface area contributed by atoms with Gasteiger partial charge in [-0.2, -0.15) is 4.68 Å². The van der Waals surface area contributed by atoms with Crippen molar-refractivity contribution >= 4 is 29.3 Å². The Labute approximate surface area is 174 Å². The number of likely N-dealkylation sites (N-methyl/N-ethyl adjacent to an activating group) is 1. The predicted octanol–water partition coefficient (Wildman–Crippen LogP) is 0.876. The van der Waals surface area contributed by atoms with Crippen molar-refractivity contribution in [3.8, 4) is 5.82 Å². The van der Waals surface area contributed by atoms with Gasteiger partial charge in [0.2, 0.25) is 5.91 Å². The van der Waals surface area contributed by atoms with Crippen molar-refractivity contribution in [1.82, 2.24) is 30.0 Å². The molecular formula is C19H24ClN7O2. The molecule has 29 heavy (non-hydrogen) atoms. The lowest BCUT2D eigenvalue weighted by Gasteiger charge is -2.30. The Hall–Kier alpha value is -2.62. The summed E-state index contributed by atoms with van der Waals surface area (Å²) in [6.45, 7) is 0. The first-order valence-corrected chi connectivity index (χ1v) is 9.37. The molecule has 4 N–H and O–H groups in total. The third kappa shape index (κ3) is 4.36. The van der Waals surface area contributed by atoms with Gasteiger partial charge in [0.15, 0.2) is 11.6 Å². The van der Waals surface area contributed by atoms with Crippen molar-refractivity contribution in [1.29, 1.82) is 0 Å². The number of carbonyl (C=O) groups is 1. The lowest BCUT2D eigenvalue weighted by atomic mass is 9.83. The molecule has 1 aromatic carbocycles. The molecule has 154 valence electrons. The number of carbonyl (C=O) groups excluding carboxylic acids is 1. The molecule has 0 saturated heterocycles. The van der Waals surface area contributed by atoms with E-state index in [1.54, 1.807) is 17.9 Å². The summed E-state index contributed by atoms with van der Waals surface area (Å²) < 4.78 is 1.66. The standard InChI is InChI=1S/C19H23N7O2.ClH/c1-21-18(28)9-16-24-19(11-6-7-15(27)12(20)8-11)26(25-16)17-10-22-13-4-2-3-5-14(13)23-17;/h2-5,10-12,15,27H,6-9,20H2,1H3,(H,21,28);1H/t11-,12+,15+;/m0./s1. The van der Waals surface area contributed by atoms with Gasteiger partial charge in [-0.05, 0) is 31.4 Å². The summed E-state index contributed by atoms with van der Waals surface area (Å²) in [7, 11) is 1.58. The summed E-state index contributed by atoms with van der Waals surface area (Å²) in [6.07, 6.45) is 3.18. The Morgan fingerprint density at radius 3 is 2.76 bits per heavy atom. The average Bonchev–Trinajstić information content (AvgIpc) is 3.13. The molecule has 10 heteroatoms. The van der Waals surface area contributed by atoms with Crippen LogP contribution in [0.5, 0.6) is 0 Å². The zero-order chi connectivity index (χ0) is 19.7. The number of nitrogens with zero attached hydrogens (tertiary/aromatic N) is 5. The monoisotopic (exact) mass is 417 g/mol. The lowest BCUT2D eigenvalue weighted by molar-refractivity contribution is -0.120. The summed E-state index contributed by atoms with van der Waals surface area (Å²) >= 11 is 0. The molecule has 3 atom stereocenters. The maximum atomic E-state index is 11.8. The Kier molecular flexibility index (Phi) is 6.41. The van der Waals surface area contributed by atoms with E-state index in [4.69, 9.17) is 5.73 Å². The second kappa shape index (κ2) is 8.81. The normalized spacial score (nSPS) is 21.6. The van der Waals surface area contributed by atoms with Gasteiger partial charge in [0, 0.05) is 19.0 Å². The number of aliphatic hydroxyl groups is 1. The van der Waals surface area contributed by atoms with Crippen molar-refractivity contribution in [2.75, 3.05) is 7.05 Å². The molecule has 1 fully saturated rings. The molecule has 0 radical (unpaired) electrons. The second-order valence-corrected chi connectivity index (χ2v) is 7.11. The first kappa shape index (κ1) is 21.1. The van der Waals surface area contributed by atoms with E-state index in [0.29, 0.717) is 30.3 Å². The van der Waals surface area contributed by atoms with Crippen LogP contribution in [-0.4, -0.2) is 54.9 Å². The first-order chi connectivity index (χ1) is 13.5. The third-order valence-electron chi connectivity index (χ3n) is 5.15. The maximum absolute atomic E-state index is 11.8. The van der Waals surface area contributed by atoms with Crippen molar-refractivity contribution in [3.63, 3.8) is 0 Å². The summed E-state index contributed by atoms with van der Waals surface area (Å²) in [5.41, 5.74) is 7.63. The molecule has 2 heterocycles. The molecular weight excluding hydrogens is 394 g/mol. The molecule has 9 nitrogen and oxygen atoms in total. The SMILES string of the molecule is CNC(=O)Cc1nc([C@H]2CC[C@@H](O)[C@H](N)C2)n(-c2cnc3ccccc3n2)n1.Cl. The fourth-order valence-electron chi connectivity index (χ4n) is 3.58. The average molecular weight is 418 g/mol. The second-order valence-electron chi connectivity index (χ2n) is 7.11. The topological polar surface area (TPSA) is 132 Å². The van der Waals surface area contributed by atoms with Crippen LogP contribution in [0.4, 0.5) is 0 Å². The number of rotatable bonds is 4. The molecule has 2 aromatic heterocycles. The number of para-hydroxylation sites is 2. The van der Waals surface area contributed by atoms with Crippen LogP contribution in [0.15, 0.2) is 30.5 Å². The Morgan fingerprint density at radius 2 is 2.03 bits per heavy atom. The Morgan fingerprint density at radius 1 is 1.28 bits per heavy atom. The molecule has 0 spiro atoms. The van der Waals surface area contributed by atoms with Gasteiger partial charge in [-0.15, -0.1) is 17.5 Å². The van der Waals surface area contributed by atoms with E-state index >= 15 is 0 Å². The van der Waals surface area contributed by atoms with E-state index in [9.17, 15) is 9.90 Å². The van der Waals surface area contributed by atoms with Gasteiger partial charge >= 0.3 is 0 Å². The van der Waals surface area contributed by atoms with Gasteiger partial charge in [-0.1, -0.05) is 12.1 Å². The van der Waals surface area contributed by atoms with Crippen LogP contribution in [0.2, 0.25) is 0 Å². The van der Waals surface area contributed by atoms with E-state index < -0.39 is 6.10 Å². The fraction of sp³-hybridized carbons (Fsp3) is 0.421. The fourth-order valence-corrected chi connectivity index (χ4v) is 3.58. The van der Waals surface area contributed by atoms with E-state index in [1.165, 1.54) is 0 Å². The van der Waals surface area contributed by atoms with Gasteiger partial charge in [0.25, 0.3) is 0 Å². The smallest absolute Gasteiger partial charge is 0.227 e. The van der Waals surface area contributed by atoms with Crippen molar-refractivity contribution < 1.29 is 9.90 Å². The summed E-state index contributed by atoms with van der Waals surface area (Å²) in [6, 6.07) is 7.29. The van der Waals surface area contributed by atoms with Crippen LogP contribution in [0, 0.1) is 0 Å². The van der Waals surface area contributed by atoms with E-state index in [-0.39, 0.29) is 36.7 Å². The maximum Gasteiger partial charge on any atom is 0.227 e. The molecule has 0 unspecified atom stereocenters. The van der Waals surface area contributed by atoms with E-state index in [0.717, 1.165) is 17.5 Å².